The Morgan fingerprint density at radius 3 is 2.78 bits per heavy atom. The first-order valence-corrected chi connectivity index (χ1v) is 8.71. The second-order valence-electron chi connectivity index (χ2n) is 5.50. The van der Waals surface area contributed by atoms with Crippen LogP contribution in [0.1, 0.15) is 10.4 Å². The quantitative estimate of drug-likeness (QED) is 0.560. The number of carbonyl (C=O) groups excluding carboxylic acids is 1. The van der Waals surface area contributed by atoms with Gasteiger partial charge in [0.05, 0.1) is 0 Å². The summed E-state index contributed by atoms with van der Waals surface area (Å²) in [5.41, 5.74) is 0.351. The maximum absolute atomic E-state index is 14.0. The van der Waals surface area contributed by atoms with Gasteiger partial charge in [0.1, 0.15) is 22.7 Å². The van der Waals surface area contributed by atoms with Gasteiger partial charge in [-0.05, 0) is 24.3 Å². The lowest BCUT2D eigenvalue weighted by Gasteiger charge is -2.05. The van der Waals surface area contributed by atoms with Gasteiger partial charge in [0.15, 0.2) is 10.9 Å². The van der Waals surface area contributed by atoms with Crippen LogP contribution in [0.5, 0.6) is 0 Å². The Morgan fingerprint density at radius 1 is 1.15 bits per heavy atom. The fraction of sp³-hybridized carbons (Fsp3) is 0. The third-order valence-electron chi connectivity index (χ3n) is 3.69. The molecule has 0 fully saturated rings. The van der Waals surface area contributed by atoms with Crippen molar-refractivity contribution in [2.75, 3.05) is 5.32 Å². The van der Waals surface area contributed by atoms with E-state index >= 15 is 0 Å². The highest BCUT2D eigenvalue weighted by molar-refractivity contribution is 7.13. The van der Waals surface area contributed by atoms with Crippen molar-refractivity contribution in [2.45, 2.75) is 0 Å². The van der Waals surface area contributed by atoms with E-state index in [4.69, 9.17) is 4.42 Å². The molecule has 0 spiro atoms. The van der Waals surface area contributed by atoms with E-state index in [-0.39, 0.29) is 16.8 Å². The smallest absolute Gasteiger partial charge is 0.262 e. The third kappa shape index (κ3) is 3.61. The van der Waals surface area contributed by atoms with Crippen LogP contribution < -0.4 is 10.9 Å². The predicted octanol–water partition coefficient (Wildman–Crippen LogP) is 4.65. The molecule has 0 radical (unpaired) electrons. The van der Waals surface area contributed by atoms with Gasteiger partial charge in [0.25, 0.3) is 5.91 Å². The van der Waals surface area contributed by atoms with E-state index in [9.17, 15) is 13.6 Å². The van der Waals surface area contributed by atoms with Gasteiger partial charge in [0, 0.05) is 23.0 Å². The fourth-order valence-electron chi connectivity index (χ4n) is 2.45. The molecule has 0 saturated heterocycles. The SMILES string of the molecule is O=C(Nc1nccs1)c1cc2ccccc2oc1=Nc1ccc(F)cc1F. The van der Waals surface area contributed by atoms with Crippen molar-refractivity contribution in [1.29, 1.82) is 0 Å². The molecular weight excluding hydrogens is 372 g/mol. The lowest BCUT2D eigenvalue weighted by Crippen LogP contribution is -2.21. The molecule has 0 aliphatic rings. The van der Waals surface area contributed by atoms with E-state index in [1.165, 1.54) is 17.4 Å². The number of amides is 1. The number of hydrogen-bond acceptors (Lipinski definition) is 5. The molecule has 0 aliphatic carbocycles. The minimum absolute atomic E-state index is 0.0896. The van der Waals surface area contributed by atoms with Crippen molar-refractivity contribution in [3.05, 3.63) is 82.9 Å². The number of halogens is 2. The molecule has 2 aromatic carbocycles. The highest BCUT2D eigenvalue weighted by atomic mass is 32.1. The molecule has 134 valence electrons. The molecular formula is C19H11F2N3O2S. The van der Waals surface area contributed by atoms with Crippen LogP contribution in [0.15, 0.2) is 69.5 Å². The van der Waals surface area contributed by atoms with Crippen molar-refractivity contribution in [2.24, 2.45) is 4.99 Å². The van der Waals surface area contributed by atoms with E-state index in [1.54, 1.807) is 41.9 Å². The fourth-order valence-corrected chi connectivity index (χ4v) is 2.97. The molecule has 0 atom stereocenters. The zero-order chi connectivity index (χ0) is 18.8. The molecule has 0 saturated carbocycles. The summed E-state index contributed by atoms with van der Waals surface area (Å²) in [4.78, 5) is 20.8. The number of anilines is 1. The first kappa shape index (κ1) is 17.0. The summed E-state index contributed by atoms with van der Waals surface area (Å²) < 4.78 is 32.9. The number of benzene rings is 2. The van der Waals surface area contributed by atoms with E-state index in [0.29, 0.717) is 16.1 Å². The highest BCUT2D eigenvalue weighted by Gasteiger charge is 2.14. The molecule has 0 aliphatic heterocycles. The van der Waals surface area contributed by atoms with Gasteiger partial charge >= 0.3 is 0 Å². The van der Waals surface area contributed by atoms with Crippen LogP contribution in [0.25, 0.3) is 11.0 Å². The molecule has 1 N–H and O–H groups in total. The number of fused-ring (bicyclic) bond motifs is 1. The molecule has 5 nitrogen and oxygen atoms in total. The zero-order valence-corrected chi connectivity index (χ0v) is 14.5. The normalized spacial score (nSPS) is 11.7. The Morgan fingerprint density at radius 2 is 2.00 bits per heavy atom. The zero-order valence-electron chi connectivity index (χ0n) is 13.6. The summed E-state index contributed by atoms with van der Waals surface area (Å²) >= 11 is 1.26. The lowest BCUT2D eigenvalue weighted by molar-refractivity contribution is 0.102. The first-order chi connectivity index (χ1) is 13.1. The number of carbonyl (C=O) groups is 1. The predicted molar refractivity (Wildman–Crippen MR) is 97.9 cm³/mol. The van der Waals surface area contributed by atoms with Gasteiger partial charge in [0.2, 0.25) is 5.55 Å². The van der Waals surface area contributed by atoms with E-state index in [1.807, 2.05) is 0 Å². The standard InChI is InChI=1S/C19H11F2N3O2S/c20-12-5-6-15(14(21)10-12)23-18-13(17(25)24-19-22-7-8-27-19)9-11-3-1-2-4-16(11)26-18/h1-10H,(H,22,24,25). The summed E-state index contributed by atoms with van der Waals surface area (Å²) in [6.07, 6.45) is 1.56. The highest BCUT2D eigenvalue weighted by Crippen LogP contribution is 2.20. The number of hydrogen-bond donors (Lipinski definition) is 1. The minimum Gasteiger partial charge on any atom is -0.438 e. The van der Waals surface area contributed by atoms with Crippen molar-refractivity contribution < 1.29 is 18.0 Å². The second-order valence-corrected chi connectivity index (χ2v) is 6.40. The van der Waals surface area contributed by atoms with Gasteiger partial charge in [-0.2, -0.15) is 0 Å². The molecule has 2 aromatic heterocycles. The Balaban J connectivity index is 1.89. The van der Waals surface area contributed by atoms with Crippen molar-refractivity contribution >= 4 is 39.0 Å². The number of para-hydroxylation sites is 1. The van der Waals surface area contributed by atoms with E-state index in [2.05, 4.69) is 15.3 Å². The molecule has 2 heterocycles. The van der Waals surface area contributed by atoms with Crippen LogP contribution in [-0.4, -0.2) is 10.9 Å². The number of thiazole rings is 1. The van der Waals surface area contributed by atoms with Crippen LogP contribution in [0.2, 0.25) is 0 Å². The van der Waals surface area contributed by atoms with Crippen molar-refractivity contribution in [3.8, 4) is 0 Å². The monoisotopic (exact) mass is 383 g/mol. The van der Waals surface area contributed by atoms with E-state index < -0.39 is 17.5 Å². The molecule has 0 unspecified atom stereocenters. The molecule has 4 aromatic rings. The second kappa shape index (κ2) is 7.08. The largest absolute Gasteiger partial charge is 0.438 e. The maximum atomic E-state index is 14.0. The Hall–Kier alpha value is -3.39. The summed E-state index contributed by atoms with van der Waals surface area (Å²) in [5.74, 6) is -2.08. The van der Waals surface area contributed by atoms with Gasteiger partial charge < -0.3 is 4.42 Å². The van der Waals surface area contributed by atoms with Crippen LogP contribution in [0.3, 0.4) is 0 Å². The van der Waals surface area contributed by atoms with Gasteiger partial charge in [-0.15, -0.1) is 11.3 Å². The molecule has 1 amide bonds. The minimum atomic E-state index is -0.857. The summed E-state index contributed by atoms with van der Waals surface area (Å²) in [6.45, 7) is 0. The summed E-state index contributed by atoms with van der Waals surface area (Å²) in [6, 6.07) is 11.6. The average Bonchev–Trinajstić information content (AvgIpc) is 3.16. The Kier molecular flexibility index (Phi) is 4.47. The number of aromatic nitrogens is 1. The lowest BCUT2D eigenvalue weighted by atomic mass is 10.1. The summed E-state index contributed by atoms with van der Waals surface area (Å²) in [5, 5.41) is 5.46. The molecule has 4 rings (SSSR count). The van der Waals surface area contributed by atoms with Gasteiger partial charge in [-0.1, -0.05) is 18.2 Å². The first-order valence-electron chi connectivity index (χ1n) is 7.84. The molecule has 0 bridgehead atoms. The molecule has 27 heavy (non-hydrogen) atoms. The van der Waals surface area contributed by atoms with Crippen LogP contribution >= 0.6 is 11.3 Å². The van der Waals surface area contributed by atoms with Crippen molar-refractivity contribution in [1.82, 2.24) is 4.98 Å². The van der Waals surface area contributed by atoms with Crippen molar-refractivity contribution in [3.63, 3.8) is 0 Å². The molecule has 8 heteroatoms. The summed E-state index contributed by atoms with van der Waals surface area (Å²) in [7, 11) is 0. The maximum Gasteiger partial charge on any atom is 0.262 e. The van der Waals surface area contributed by atoms with Crippen LogP contribution in [0, 0.1) is 11.6 Å². The average molecular weight is 383 g/mol. The van der Waals surface area contributed by atoms with Crippen LogP contribution in [0.4, 0.5) is 19.6 Å². The van der Waals surface area contributed by atoms with E-state index in [0.717, 1.165) is 12.1 Å². The van der Waals surface area contributed by atoms with Gasteiger partial charge in [-0.3, -0.25) is 10.1 Å². The Labute approximate surface area is 155 Å². The topological polar surface area (TPSA) is 67.5 Å². The Bertz CT molecular complexity index is 1200. The third-order valence-corrected chi connectivity index (χ3v) is 4.37. The number of rotatable bonds is 3. The number of nitrogens with one attached hydrogen (secondary N) is 1. The van der Waals surface area contributed by atoms with Gasteiger partial charge in [-0.25, -0.2) is 18.8 Å². The number of nitrogens with zero attached hydrogens (tertiary/aromatic N) is 2. The van der Waals surface area contributed by atoms with Crippen LogP contribution in [-0.2, 0) is 0 Å².